The molecule has 47 heavy (non-hydrogen) atoms. The zero-order chi connectivity index (χ0) is 33.3. The summed E-state index contributed by atoms with van der Waals surface area (Å²) in [5, 5.41) is 3.00. The number of anilines is 1. The third kappa shape index (κ3) is 9.28. The number of para-hydroxylation sites is 1. The van der Waals surface area contributed by atoms with E-state index in [1.807, 2.05) is 23.1 Å². The molecule has 1 atom stereocenters. The van der Waals surface area contributed by atoms with Gasteiger partial charge in [-0.1, -0.05) is 55.0 Å². The molecule has 6 rings (SSSR count). The van der Waals surface area contributed by atoms with Gasteiger partial charge < -0.3 is 29.7 Å². The molecule has 2 aromatic carbocycles. The van der Waals surface area contributed by atoms with Gasteiger partial charge in [-0.3, -0.25) is 4.79 Å². The van der Waals surface area contributed by atoms with Crippen LogP contribution < -0.4 is 5.32 Å². The fourth-order valence-electron chi connectivity index (χ4n) is 7.91. The molecule has 3 fully saturated rings. The molecule has 9 nitrogen and oxygen atoms in total. The average Bonchev–Trinajstić information content (AvgIpc) is 3.26. The maximum atomic E-state index is 12.8. The minimum atomic E-state index is -0.286. The van der Waals surface area contributed by atoms with Gasteiger partial charge in [-0.25, -0.2) is 9.59 Å². The van der Waals surface area contributed by atoms with Gasteiger partial charge in [0.15, 0.2) is 0 Å². The lowest BCUT2D eigenvalue weighted by atomic mass is 9.78. The zero-order valence-corrected chi connectivity index (χ0v) is 29.0. The summed E-state index contributed by atoms with van der Waals surface area (Å²) in [5.41, 5.74) is 4.63. The molecular formula is C38H55N5O4. The van der Waals surface area contributed by atoms with Crippen LogP contribution in [0.1, 0.15) is 62.1 Å². The van der Waals surface area contributed by atoms with Crippen molar-refractivity contribution in [2.45, 2.75) is 71.3 Å². The minimum Gasteiger partial charge on any atom is -0.453 e. The van der Waals surface area contributed by atoms with E-state index in [0.29, 0.717) is 25.5 Å². The van der Waals surface area contributed by atoms with Crippen molar-refractivity contribution in [3.63, 3.8) is 0 Å². The Morgan fingerprint density at radius 2 is 1.49 bits per heavy atom. The highest BCUT2D eigenvalue weighted by Gasteiger charge is 2.33. The van der Waals surface area contributed by atoms with Gasteiger partial charge in [-0.15, -0.1) is 0 Å². The van der Waals surface area contributed by atoms with Gasteiger partial charge in [0.25, 0.3) is 0 Å². The highest BCUT2D eigenvalue weighted by molar-refractivity contribution is 5.91. The Labute approximate surface area is 281 Å². The number of nitrogens with zero attached hydrogens (tertiary/aromatic N) is 4. The summed E-state index contributed by atoms with van der Waals surface area (Å²) in [7, 11) is 3.63. The summed E-state index contributed by atoms with van der Waals surface area (Å²) < 4.78 is 4.75. The highest BCUT2D eigenvalue weighted by Crippen LogP contribution is 2.33. The zero-order valence-electron chi connectivity index (χ0n) is 29.0. The van der Waals surface area contributed by atoms with Crippen LogP contribution in [-0.2, 0) is 22.4 Å². The molecule has 9 heteroatoms. The number of amides is 4. The molecule has 0 aliphatic carbocycles. The Hall–Kier alpha value is -3.59. The van der Waals surface area contributed by atoms with E-state index < -0.39 is 0 Å². The Kier molecular flexibility index (Phi) is 12.2. The molecule has 4 aliphatic rings. The van der Waals surface area contributed by atoms with Gasteiger partial charge in [-0.2, -0.15) is 0 Å². The maximum Gasteiger partial charge on any atom is 0.409 e. The normalized spacial score (nSPS) is 20.8. The molecule has 3 saturated heterocycles. The summed E-state index contributed by atoms with van der Waals surface area (Å²) in [4.78, 5) is 45.0. The number of ether oxygens (including phenoxy) is 1. The molecule has 0 spiro atoms. The van der Waals surface area contributed by atoms with E-state index in [-0.39, 0.29) is 24.1 Å². The standard InChI is InChI=1S/C22H34N2O.C16H21N3O3/c1-17-5-4-6-19(15-17)16-18(2)22(25)24-13-9-21(10-14-24)20-7-11-23(3)12-8-20;1-22-16(21)18-9-7-13(8-10-18)19-11-6-12-4-2-3-5-14(12)17-15(19)20/h4-6,15,18,20-21H,7-14,16H2,1-3H3;2-5,13H,6-11H2,1H3,(H,17,20)/t18-;/m1./s1. The molecule has 2 aromatic rings. The fourth-order valence-corrected chi connectivity index (χ4v) is 7.91. The topological polar surface area (TPSA) is 85.4 Å². The fraction of sp³-hybridized carbons (Fsp3) is 0.605. The van der Waals surface area contributed by atoms with Crippen molar-refractivity contribution in [1.82, 2.24) is 19.6 Å². The number of aryl methyl sites for hydroxylation is 1. The maximum absolute atomic E-state index is 12.8. The van der Waals surface area contributed by atoms with E-state index in [1.54, 1.807) is 4.90 Å². The van der Waals surface area contributed by atoms with Crippen molar-refractivity contribution in [3.05, 3.63) is 65.2 Å². The molecule has 0 saturated carbocycles. The number of hydrogen-bond donors (Lipinski definition) is 1. The lowest BCUT2D eigenvalue weighted by Gasteiger charge is -2.40. The molecule has 0 aromatic heterocycles. The van der Waals surface area contributed by atoms with Crippen LogP contribution in [-0.4, -0.2) is 104 Å². The van der Waals surface area contributed by atoms with Gasteiger partial charge >= 0.3 is 12.1 Å². The van der Waals surface area contributed by atoms with Crippen LogP contribution in [0.5, 0.6) is 0 Å². The number of nitrogens with one attached hydrogen (secondary N) is 1. The number of methoxy groups -OCH3 is 1. The lowest BCUT2D eigenvalue weighted by molar-refractivity contribution is -0.136. The quantitative estimate of drug-likeness (QED) is 0.427. The SMILES string of the molecule is COC(=O)N1CCC(N2CCc3ccccc3NC2=O)CC1.Cc1cccc(C[C@@H](C)C(=O)N2CCC(C3CCN(C)CC3)CC2)c1. The Morgan fingerprint density at radius 1 is 0.851 bits per heavy atom. The average molecular weight is 646 g/mol. The summed E-state index contributed by atoms with van der Waals surface area (Å²) in [6.45, 7) is 10.6. The predicted molar refractivity (Wildman–Crippen MR) is 186 cm³/mol. The van der Waals surface area contributed by atoms with E-state index in [4.69, 9.17) is 4.74 Å². The van der Waals surface area contributed by atoms with Crippen molar-refractivity contribution in [2.24, 2.45) is 17.8 Å². The van der Waals surface area contributed by atoms with Gasteiger partial charge in [0.05, 0.1) is 7.11 Å². The minimum absolute atomic E-state index is 0.0403. The highest BCUT2D eigenvalue weighted by atomic mass is 16.5. The first-order chi connectivity index (χ1) is 22.7. The Balaban J connectivity index is 0.000000186. The summed E-state index contributed by atoms with van der Waals surface area (Å²) >= 11 is 0. The van der Waals surface area contributed by atoms with Gasteiger partial charge in [0.2, 0.25) is 5.91 Å². The van der Waals surface area contributed by atoms with Crippen molar-refractivity contribution in [3.8, 4) is 0 Å². The van der Waals surface area contributed by atoms with Gasteiger partial charge in [0.1, 0.15) is 0 Å². The van der Waals surface area contributed by atoms with E-state index in [1.165, 1.54) is 62.6 Å². The molecule has 256 valence electrons. The largest absolute Gasteiger partial charge is 0.453 e. The number of likely N-dealkylation sites (tertiary alicyclic amines) is 3. The van der Waals surface area contributed by atoms with Crippen molar-refractivity contribution in [2.75, 3.05) is 65.3 Å². The summed E-state index contributed by atoms with van der Waals surface area (Å²) in [6, 6.07) is 16.6. The van der Waals surface area contributed by atoms with Crippen LogP contribution in [0, 0.1) is 24.7 Å². The first-order valence-corrected chi connectivity index (χ1v) is 17.7. The molecule has 0 bridgehead atoms. The second-order valence-electron chi connectivity index (χ2n) is 14.1. The molecule has 4 aliphatic heterocycles. The number of hydrogen-bond acceptors (Lipinski definition) is 5. The van der Waals surface area contributed by atoms with E-state index in [9.17, 15) is 14.4 Å². The smallest absolute Gasteiger partial charge is 0.409 e. The number of benzene rings is 2. The van der Waals surface area contributed by atoms with E-state index >= 15 is 0 Å². The lowest BCUT2D eigenvalue weighted by Crippen LogP contribution is -2.50. The van der Waals surface area contributed by atoms with Crippen LogP contribution in [0.2, 0.25) is 0 Å². The molecule has 4 heterocycles. The van der Waals surface area contributed by atoms with Gasteiger partial charge in [0, 0.05) is 50.4 Å². The number of urea groups is 1. The third-order valence-corrected chi connectivity index (χ3v) is 10.8. The molecular weight excluding hydrogens is 590 g/mol. The first kappa shape index (κ1) is 34.7. The van der Waals surface area contributed by atoms with Crippen LogP contribution >= 0.6 is 0 Å². The number of rotatable bonds is 5. The third-order valence-electron chi connectivity index (χ3n) is 10.8. The Morgan fingerprint density at radius 3 is 2.15 bits per heavy atom. The number of fused-ring (bicyclic) bond motifs is 1. The predicted octanol–water partition coefficient (Wildman–Crippen LogP) is 6.06. The molecule has 1 N–H and O–H groups in total. The monoisotopic (exact) mass is 645 g/mol. The van der Waals surface area contributed by atoms with Gasteiger partial charge in [-0.05, 0) is 107 Å². The number of carbonyl (C=O) groups is 3. The van der Waals surface area contributed by atoms with Crippen LogP contribution in [0.3, 0.4) is 0 Å². The summed E-state index contributed by atoms with van der Waals surface area (Å²) in [6.07, 6.45) is 8.11. The molecule has 0 radical (unpaired) electrons. The number of carbonyl (C=O) groups excluding carboxylic acids is 3. The van der Waals surface area contributed by atoms with E-state index in [2.05, 4.69) is 66.3 Å². The van der Waals surface area contributed by atoms with E-state index in [0.717, 1.165) is 56.3 Å². The first-order valence-electron chi connectivity index (χ1n) is 17.7. The Bertz CT molecular complexity index is 1340. The molecule has 0 unspecified atom stereocenters. The van der Waals surface area contributed by atoms with Crippen molar-refractivity contribution >= 4 is 23.7 Å². The van der Waals surface area contributed by atoms with Crippen LogP contribution in [0.15, 0.2) is 48.5 Å². The second kappa shape index (κ2) is 16.5. The van der Waals surface area contributed by atoms with Crippen molar-refractivity contribution in [1.29, 1.82) is 0 Å². The van der Waals surface area contributed by atoms with Crippen LogP contribution in [0.25, 0.3) is 0 Å². The second-order valence-corrected chi connectivity index (χ2v) is 14.1. The number of piperidine rings is 3. The molecule has 4 amide bonds. The van der Waals surface area contributed by atoms with Crippen LogP contribution in [0.4, 0.5) is 15.3 Å². The van der Waals surface area contributed by atoms with Crippen molar-refractivity contribution < 1.29 is 19.1 Å². The summed E-state index contributed by atoms with van der Waals surface area (Å²) in [5.74, 6) is 2.16.